The van der Waals surface area contributed by atoms with Gasteiger partial charge in [-0.25, -0.2) is 8.78 Å². The summed E-state index contributed by atoms with van der Waals surface area (Å²) in [5.74, 6) is -1.99. The zero-order valence-corrected chi connectivity index (χ0v) is 9.46. The number of aliphatic hydroxyl groups is 1. The van der Waals surface area contributed by atoms with Crippen molar-refractivity contribution >= 4 is 0 Å². The molecule has 16 heavy (non-hydrogen) atoms. The van der Waals surface area contributed by atoms with Crippen LogP contribution in [0.3, 0.4) is 0 Å². The van der Waals surface area contributed by atoms with Gasteiger partial charge in [0.1, 0.15) is 5.60 Å². The van der Waals surface area contributed by atoms with E-state index in [0.717, 1.165) is 12.5 Å². The van der Waals surface area contributed by atoms with Gasteiger partial charge in [0.25, 0.3) is 0 Å². The summed E-state index contributed by atoms with van der Waals surface area (Å²) >= 11 is 0. The molecule has 1 atom stereocenters. The molecule has 0 bridgehead atoms. The Morgan fingerprint density at radius 3 is 2.69 bits per heavy atom. The summed E-state index contributed by atoms with van der Waals surface area (Å²) < 4.78 is 31.5. The van der Waals surface area contributed by atoms with Gasteiger partial charge in [0.15, 0.2) is 11.6 Å². The van der Waals surface area contributed by atoms with Crippen LogP contribution in [0.5, 0.6) is 0 Å². The van der Waals surface area contributed by atoms with Crippen molar-refractivity contribution in [2.75, 3.05) is 13.2 Å². The standard InChI is InChI=1S/C12H16F2O2/c1-3-7-16-8-12(2,15)9-5-4-6-10(13)11(9)14/h4-6,15H,3,7-8H2,1-2H3. The summed E-state index contributed by atoms with van der Waals surface area (Å²) in [6, 6.07) is 3.73. The molecule has 1 aromatic rings. The van der Waals surface area contributed by atoms with E-state index in [9.17, 15) is 13.9 Å². The summed E-state index contributed by atoms with van der Waals surface area (Å²) in [5, 5.41) is 9.99. The molecule has 0 amide bonds. The van der Waals surface area contributed by atoms with Crippen LogP contribution in [-0.2, 0) is 10.3 Å². The number of hydrogen-bond donors (Lipinski definition) is 1. The highest BCUT2D eigenvalue weighted by molar-refractivity contribution is 5.24. The molecule has 1 aromatic carbocycles. The molecular weight excluding hydrogens is 214 g/mol. The van der Waals surface area contributed by atoms with Crippen LogP contribution in [0.4, 0.5) is 8.78 Å². The fourth-order valence-electron chi connectivity index (χ4n) is 1.41. The van der Waals surface area contributed by atoms with Crippen molar-refractivity contribution in [1.82, 2.24) is 0 Å². The van der Waals surface area contributed by atoms with E-state index in [2.05, 4.69) is 0 Å². The van der Waals surface area contributed by atoms with Gasteiger partial charge >= 0.3 is 0 Å². The quantitative estimate of drug-likeness (QED) is 0.788. The Kier molecular flexibility index (Phi) is 4.38. The summed E-state index contributed by atoms with van der Waals surface area (Å²) in [6.07, 6.45) is 0.807. The third-order valence-corrected chi connectivity index (χ3v) is 2.26. The summed E-state index contributed by atoms with van der Waals surface area (Å²) in [5.41, 5.74) is -1.59. The van der Waals surface area contributed by atoms with Crippen LogP contribution in [-0.4, -0.2) is 18.3 Å². The predicted octanol–water partition coefficient (Wildman–Crippen LogP) is 2.60. The van der Waals surface area contributed by atoms with E-state index < -0.39 is 17.2 Å². The van der Waals surface area contributed by atoms with Crippen molar-refractivity contribution in [2.45, 2.75) is 25.9 Å². The lowest BCUT2D eigenvalue weighted by Gasteiger charge is -2.24. The maximum Gasteiger partial charge on any atom is 0.164 e. The average Bonchev–Trinajstić information content (AvgIpc) is 2.22. The molecule has 0 aromatic heterocycles. The second kappa shape index (κ2) is 5.37. The summed E-state index contributed by atoms with van der Waals surface area (Å²) in [6.45, 7) is 3.76. The Morgan fingerprint density at radius 1 is 1.38 bits per heavy atom. The van der Waals surface area contributed by atoms with Crippen molar-refractivity contribution in [3.8, 4) is 0 Å². The van der Waals surface area contributed by atoms with Crippen molar-refractivity contribution < 1.29 is 18.6 Å². The number of ether oxygens (including phenoxy) is 1. The molecule has 0 radical (unpaired) electrons. The molecule has 0 aliphatic carbocycles. The molecule has 0 heterocycles. The van der Waals surface area contributed by atoms with Crippen LogP contribution in [0, 0.1) is 11.6 Å². The molecule has 0 spiro atoms. The molecule has 90 valence electrons. The maximum atomic E-state index is 13.4. The molecule has 0 fully saturated rings. The molecule has 1 rings (SSSR count). The van der Waals surface area contributed by atoms with Crippen LogP contribution < -0.4 is 0 Å². The molecule has 0 aliphatic heterocycles. The van der Waals surface area contributed by atoms with Gasteiger partial charge in [-0.05, 0) is 19.4 Å². The molecule has 0 aliphatic rings. The Bertz CT molecular complexity index is 351. The summed E-state index contributed by atoms with van der Waals surface area (Å²) in [4.78, 5) is 0. The largest absolute Gasteiger partial charge is 0.383 e. The fourth-order valence-corrected chi connectivity index (χ4v) is 1.41. The van der Waals surface area contributed by atoms with Crippen molar-refractivity contribution in [3.63, 3.8) is 0 Å². The molecule has 4 heteroatoms. The highest BCUT2D eigenvalue weighted by Crippen LogP contribution is 2.25. The minimum absolute atomic E-state index is 0.0544. The number of halogens is 2. The van der Waals surface area contributed by atoms with Gasteiger partial charge in [-0.2, -0.15) is 0 Å². The lowest BCUT2D eigenvalue weighted by molar-refractivity contribution is -0.0399. The Morgan fingerprint density at radius 2 is 2.06 bits per heavy atom. The van der Waals surface area contributed by atoms with Crippen LogP contribution in [0.1, 0.15) is 25.8 Å². The van der Waals surface area contributed by atoms with Gasteiger partial charge in [0, 0.05) is 12.2 Å². The van der Waals surface area contributed by atoms with Crippen molar-refractivity contribution in [2.24, 2.45) is 0 Å². The third-order valence-electron chi connectivity index (χ3n) is 2.26. The van der Waals surface area contributed by atoms with Gasteiger partial charge < -0.3 is 9.84 Å². The molecule has 1 N–H and O–H groups in total. The second-order valence-electron chi connectivity index (χ2n) is 3.93. The lowest BCUT2D eigenvalue weighted by atomic mass is 9.96. The molecule has 0 saturated carbocycles. The normalized spacial score (nSPS) is 14.8. The van der Waals surface area contributed by atoms with E-state index >= 15 is 0 Å². The number of rotatable bonds is 5. The van der Waals surface area contributed by atoms with Gasteiger partial charge in [0.05, 0.1) is 6.61 Å². The van der Waals surface area contributed by atoms with Crippen molar-refractivity contribution in [3.05, 3.63) is 35.4 Å². The first kappa shape index (κ1) is 13.1. The smallest absolute Gasteiger partial charge is 0.164 e. The Hall–Kier alpha value is -1.00. The van der Waals surface area contributed by atoms with Gasteiger partial charge in [-0.3, -0.25) is 0 Å². The van der Waals surface area contributed by atoms with Crippen LogP contribution in [0.25, 0.3) is 0 Å². The van der Waals surface area contributed by atoms with Crippen LogP contribution in [0.15, 0.2) is 18.2 Å². The number of benzene rings is 1. The predicted molar refractivity (Wildman–Crippen MR) is 57.0 cm³/mol. The highest BCUT2D eigenvalue weighted by atomic mass is 19.2. The average molecular weight is 230 g/mol. The third kappa shape index (κ3) is 3.00. The first-order valence-electron chi connectivity index (χ1n) is 5.23. The van der Waals surface area contributed by atoms with E-state index in [1.54, 1.807) is 0 Å². The second-order valence-corrected chi connectivity index (χ2v) is 3.93. The SMILES string of the molecule is CCCOCC(C)(O)c1cccc(F)c1F. The monoisotopic (exact) mass is 230 g/mol. The zero-order chi connectivity index (χ0) is 12.2. The maximum absolute atomic E-state index is 13.4. The van der Waals surface area contributed by atoms with Gasteiger partial charge in [0.2, 0.25) is 0 Å². The molecule has 2 nitrogen and oxygen atoms in total. The van der Waals surface area contributed by atoms with E-state index in [0.29, 0.717) is 6.61 Å². The van der Waals surface area contributed by atoms with Gasteiger partial charge in [-0.15, -0.1) is 0 Å². The topological polar surface area (TPSA) is 29.5 Å². The minimum Gasteiger partial charge on any atom is -0.383 e. The Labute approximate surface area is 93.9 Å². The van der Waals surface area contributed by atoms with Gasteiger partial charge in [-0.1, -0.05) is 19.1 Å². The molecule has 0 saturated heterocycles. The van der Waals surface area contributed by atoms with E-state index in [4.69, 9.17) is 4.74 Å². The first-order valence-corrected chi connectivity index (χ1v) is 5.23. The van der Waals surface area contributed by atoms with Crippen LogP contribution in [0.2, 0.25) is 0 Å². The number of hydrogen-bond acceptors (Lipinski definition) is 2. The van der Waals surface area contributed by atoms with Crippen molar-refractivity contribution in [1.29, 1.82) is 0 Å². The minimum atomic E-state index is -1.51. The summed E-state index contributed by atoms with van der Waals surface area (Å²) in [7, 11) is 0. The van der Waals surface area contributed by atoms with E-state index in [1.807, 2.05) is 6.92 Å². The van der Waals surface area contributed by atoms with E-state index in [1.165, 1.54) is 19.1 Å². The van der Waals surface area contributed by atoms with E-state index in [-0.39, 0.29) is 12.2 Å². The molecular formula is C12H16F2O2. The fraction of sp³-hybridized carbons (Fsp3) is 0.500. The highest BCUT2D eigenvalue weighted by Gasteiger charge is 2.28. The molecule has 1 unspecified atom stereocenters. The Balaban J connectivity index is 2.84. The first-order chi connectivity index (χ1) is 7.49. The van der Waals surface area contributed by atoms with Crippen LogP contribution >= 0.6 is 0 Å². The lowest BCUT2D eigenvalue weighted by Crippen LogP contribution is -2.29. The zero-order valence-electron chi connectivity index (χ0n) is 9.46.